The second-order valence-corrected chi connectivity index (χ2v) is 6.53. The van der Waals surface area contributed by atoms with E-state index in [9.17, 15) is 9.18 Å². The minimum absolute atomic E-state index is 0.0469. The van der Waals surface area contributed by atoms with Crippen LogP contribution in [0.4, 0.5) is 10.1 Å². The summed E-state index contributed by atoms with van der Waals surface area (Å²) in [6, 6.07) is 6.19. The first-order valence-electron chi connectivity index (χ1n) is 8.52. The molecule has 6 nitrogen and oxygen atoms in total. The Bertz CT molecular complexity index is 791. The number of imidazole rings is 1. The van der Waals surface area contributed by atoms with Gasteiger partial charge < -0.3 is 14.2 Å². The van der Waals surface area contributed by atoms with Gasteiger partial charge in [0.1, 0.15) is 18.2 Å². The molecule has 0 N–H and O–H groups in total. The normalized spacial score (nSPS) is 20.4. The number of anilines is 1. The Hall–Kier alpha value is -2.25. The summed E-state index contributed by atoms with van der Waals surface area (Å²) in [7, 11) is 1.94. The average molecular weight is 344 g/mol. The van der Waals surface area contributed by atoms with Gasteiger partial charge >= 0.3 is 0 Å². The van der Waals surface area contributed by atoms with Gasteiger partial charge in [-0.3, -0.25) is 9.69 Å². The van der Waals surface area contributed by atoms with E-state index < -0.39 is 0 Å². The van der Waals surface area contributed by atoms with Crippen LogP contribution in [0, 0.1) is 5.82 Å². The summed E-state index contributed by atoms with van der Waals surface area (Å²) in [6.07, 6.45) is 2.54. The fraction of sp³-hybridized carbons (Fsp3) is 0.444. The van der Waals surface area contributed by atoms with Crippen molar-refractivity contribution in [1.82, 2.24) is 14.5 Å². The van der Waals surface area contributed by atoms with E-state index in [2.05, 4.69) is 9.55 Å². The lowest BCUT2D eigenvalue weighted by molar-refractivity contribution is -0.121. The third kappa shape index (κ3) is 2.94. The molecule has 25 heavy (non-hydrogen) atoms. The number of carbonyl (C=O) groups excluding carboxylic acids is 1. The van der Waals surface area contributed by atoms with Crippen molar-refractivity contribution < 1.29 is 13.9 Å². The lowest BCUT2D eigenvalue weighted by Gasteiger charge is -2.25. The smallest absolute Gasteiger partial charge is 0.244 e. The van der Waals surface area contributed by atoms with Gasteiger partial charge in [0.2, 0.25) is 5.91 Å². The number of rotatable bonds is 4. The van der Waals surface area contributed by atoms with E-state index in [0.717, 1.165) is 18.1 Å². The van der Waals surface area contributed by atoms with Crippen molar-refractivity contribution in [3.05, 3.63) is 47.8 Å². The molecule has 0 saturated carbocycles. The largest absolute Gasteiger partial charge is 0.372 e. The van der Waals surface area contributed by atoms with Crippen LogP contribution < -0.4 is 4.90 Å². The molecule has 1 amide bonds. The summed E-state index contributed by atoms with van der Waals surface area (Å²) in [5.41, 5.74) is 1.44. The molecule has 2 aliphatic heterocycles. The van der Waals surface area contributed by atoms with Crippen molar-refractivity contribution in [2.45, 2.75) is 32.2 Å². The summed E-state index contributed by atoms with van der Waals surface area (Å²) < 4.78 is 21.6. The van der Waals surface area contributed by atoms with Gasteiger partial charge in [0.25, 0.3) is 0 Å². The number of fused-ring (bicyclic) bond motifs is 1. The first-order valence-corrected chi connectivity index (χ1v) is 8.52. The zero-order valence-corrected chi connectivity index (χ0v) is 14.2. The third-order valence-electron chi connectivity index (χ3n) is 4.98. The second kappa shape index (κ2) is 6.57. The predicted molar refractivity (Wildman–Crippen MR) is 90.5 cm³/mol. The Morgan fingerprint density at radius 2 is 2.20 bits per heavy atom. The molecule has 4 rings (SSSR count). The van der Waals surface area contributed by atoms with Crippen LogP contribution in [0.2, 0.25) is 0 Å². The molecule has 2 aromatic rings. The van der Waals surface area contributed by atoms with Crippen LogP contribution in [0.3, 0.4) is 0 Å². The topological polar surface area (TPSA) is 50.6 Å². The number of benzene rings is 1. The number of carbonyl (C=O) groups is 1. The number of ether oxygens (including phenoxy) is 1. The first kappa shape index (κ1) is 16.2. The summed E-state index contributed by atoms with van der Waals surface area (Å²) in [5, 5.41) is 0. The van der Waals surface area contributed by atoms with Gasteiger partial charge in [0, 0.05) is 25.8 Å². The van der Waals surface area contributed by atoms with E-state index in [1.165, 1.54) is 6.07 Å². The van der Waals surface area contributed by atoms with Gasteiger partial charge in [-0.05, 0) is 25.6 Å². The van der Waals surface area contributed by atoms with Crippen LogP contribution in [-0.2, 0) is 29.2 Å². The number of amides is 1. The molecule has 132 valence electrons. The molecular formula is C18H21FN4O2. The molecular weight excluding hydrogens is 323 g/mol. The standard InChI is InChI=1S/C18H21FN4O2/c1-21(11-13-10-20-17-12-25-9-8-22(13)17)16-6-7-23(18(16)24)15-5-3-2-4-14(15)19/h2-5,10,16H,6-9,11-12H2,1H3. The minimum atomic E-state index is -0.357. The van der Waals surface area contributed by atoms with Crippen molar-refractivity contribution in [3.63, 3.8) is 0 Å². The predicted octanol–water partition coefficient (Wildman–Crippen LogP) is 1.79. The Morgan fingerprint density at radius 3 is 3.04 bits per heavy atom. The molecule has 1 saturated heterocycles. The van der Waals surface area contributed by atoms with Gasteiger partial charge in [0.05, 0.1) is 24.0 Å². The molecule has 7 heteroatoms. The van der Waals surface area contributed by atoms with E-state index >= 15 is 0 Å². The highest BCUT2D eigenvalue weighted by atomic mass is 19.1. The van der Waals surface area contributed by atoms with E-state index in [-0.39, 0.29) is 17.8 Å². The van der Waals surface area contributed by atoms with Crippen LogP contribution in [0.25, 0.3) is 0 Å². The highest BCUT2D eigenvalue weighted by Crippen LogP contribution is 2.27. The number of likely N-dealkylation sites (N-methyl/N-ethyl adjacent to an activating group) is 1. The summed E-state index contributed by atoms with van der Waals surface area (Å²) in [4.78, 5) is 20.8. The van der Waals surface area contributed by atoms with Crippen LogP contribution in [0.15, 0.2) is 30.5 Å². The molecule has 1 aromatic carbocycles. The molecule has 2 aliphatic rings. The zero-order valence-electron chi connectivity index (χ0n) is 14.2. The van der Waals surface area contributed by atoms with E-state index in [4.69, 9.17) is 4.74 Å². The fourth-order valence-electron chi connectivity index (χ4n) is 3.64. The molecule has 0 bridgehead atoms. The van der Waals surface area contributed by atoms with Crippen molar-refractivity contribution in [2.24, 2.45) is 0 Å². The Labute approximate surface area is 145 Å². The van der Waals surface area contributed by atoms with Crippen molar-refractivity contribution >= 4 is 11.6 Å². The maximum atomic E-state index is 14.0. The lowest BCUT2D eigenvalue weighted by Crippen LogP contribution is -2.40. The van der Waals surface area contributed by atoms with Crippen molar-refractivity contribution in [3.8, 4) is 0 Å². The van der Waals surface area contributed by atoms with E-state index in [1.54, 1.807) is 23.1 Å². The Morgan fingerprint density at radius 1 is 1.36 bits per heavy atom. The molecule has 0 radical (unpaired) electrons. The quantitative estimate of drug-likeness (QED) is 0.849. The minimum Gasteiger partial charge on any atom is -0.372 e. The molecule has 1 unspecified atom stereocenters. The highest BCUT2D eigenvalue weighted by molar-refractivity contribution is 5.99. The van der Waals surface area contributed by atoms with Crippen LogP contribution in [0.1, 0.15) is 17.9 Å². The number of nitrogens with zero attached hydrogens (tertiary/aromatic N) is 4. The number of halogens is 1. The monoisotopic (exact) mass is 344 g/mol. The molecule has 0 spiro atoms. The molecule has 0 aliphatic carbocycles. The van der Waals surface area contributed by atoms with Gasteiger partial charge in [-0.15, -0.1) is 0 Å². The Balaban J connectivity index is 1.48. The SMILES string of the molecule is CN(Cc1cnc2n1CCOC2)C1CCN(c2ccccc2F)C1=O. The van der Waals surface area contributed by atoms with Crippen LogP contribution in [0.5, 0.6) is 0 Å². The van der Waals surface area contributed by atoms with Gasteiger partial charge in [-0.25, -0.2) is 9.37 Å². The second-order valence-electron chi connectivity index (χ2n) is 6.53. The van der Waals surface area contributed by atoms with E-state index in [0.29, 0.717) is 38.4 Å². The molecule has 1 atom stereocenters. The average Bonchev–Trinajstić information content (AvgIpc) is 3.20. The number of hydrogen-bond donors (Lipinski definition) is 0. The Kier molecular flexibility index (Phi) is 4.27. The zero-order chi connectivity index (χ0) is 17.4. The first-order chi connectivity index (χ1) is 12.1. The van der Waals surface area contributed by atoms with Gasteiger partial charge in [0.15, 0.2) is 0 Å². The van der Waals surface area contributed by atoms with Crippen LogP contribution >= 0.6 is 0 Å². The number of para-hydroxylation sites is 1. The van der Waals surface area contributed by atoms with Gasteiger partial charge in [-0.2, -0.15) is 0 Å². The van der Waals surface area contributed by atoms with Gasteiger partial charge in [-0.1, -0.05) is 12.1 Å². The maximum Gasteiger partial charge on any atom is 0.244 e. The van der Waals surface area contributed by atoms with Crippen molar-refractivity contribution in [1.29, 1.82) is 0 Å². The molecule has 1 aromatic heterocycles. The molecule has 3 heterocycles. The summed E-state index contributed by atoms with van der Waals surface area (Å²) in [5.74, 6) is 0.527. The third-order valence-corrected chi connectivity index (χ3v) is 4.98. The van der Waals surface area contributed by atoms with E-state index in [1.807, 2.05) is 18.1 Å². The summed E-state index contributed by atoms with van der Waals surface area (Å²) >= 11 is 0. The molecule has 1 fully saturated rings. The highest BCUT2D eigenvalue weighted by Gasteiger charge is 2.36. The number of hydrogen-bond acceptors (Lipinski definition) is 4. The summed E-state index contributed by atoms with van der Waals surface area (Å²) in [6.45, 7) is 3.18. The fourth-order valence-corrected chi connectivity index (χ4v) is 3.64. The maximum absolute atomic E-state index is 14.0. The van der Waals surface area contributed by atoms with Crippen molar-refractivity contribution in [2.75, 3.05) is 25.1 Å². The van der Waals surface area contributed by atoms with Crippen LogP contribution in [-0.4, -0.2) is 46.6 Å². The number of aromatic nitrogens is 2. The lowest BCUT2D eigenvalue weighted by atomic mass is 10.2.